The second kappa shape index (κ2) is 19.2. The van der Waals surface area contributed by atoms with Gasteiger partial charge >= 0.3 is 8.56 Å². The van der Waals surface area contributed by atoms with Crippen molar-refractivity contribution in [2.45, 2.75) is 136 Å². The Morgan fingerprint density at radius 3 is 1.59 bits per heavy atom. The van der Waals surface area contributed by atoms with Gasteiger partial charge in [-0.2, -0.15) is 0 Å². The van der Waals surface area contributed by atoms with Crippen LogP contribution in [0, 0.1) is 0 Å². The van der Waals surface area contributed by atoms with Gasteiger partial charge in [0.2, 0.25) is 0 Å². The molecular formula is C24H50O2Si. The van der Waals surface area contributed by atoms with Crippen LogP contribution in [0.4, 0.5) is 0 Å². The molecule has 0 aliphatic heterocycles. The highest BCUT2D eigenvalue weighted by molar-refractivity contribution is 6.71. The molecular weight excluding hydrogens is 348 g/mol. The van der Waals surface area contributed by atoms with Gasteiger partial charge in [-0.15, -0.1) is 6.58 Å². The Morgan fingerprint density at radius 2 is 1.19 bits per heavy atom. The Balaban J connectivity index is 3.42. The molecule has 0 saturated carbocycles. The van der Waals surface area contributed by atoms with Gasteiger partial charge in [0.1, 0.15) is 0 Å². The lowest BCUT2D eigenvalue weighted by molar-refractivity contribution is 0.127. The highest BCUT2D eigenvalue weighted by atomic mass is 28.4. The molecule has 0 saturated heterocycles. The largest absolute Gasteiger partial charge is 0.391 e. The van der Waals surface area contributed by atoms with Crippen molar-refractivity contribution in [2.24, 2.45) is 0 Å². The Kier molecular flexibility index (Phi) is 19.1. The van der Waals surface area contributed by atoms with Crippen molar-refractivity contribution in [2.75, 3.05) is 6.61 Å². The Labute approximate surface area is 172 Å². The quantitative estimate of drug-likeness (QED) is 0.142. The van der Waals surface area contributed by atoms with Gasteiger partial charge in [0.25, 0.3) is 0 Å². The van der Waals surface area contributed by atoms with Crippen molar-refractivity contribution < 1.29 is 8.85 Å². The minimum Gasteiger partial charge on any atom is -0.391 e. The molecule has 0 spiro atoms. The van der Waals surface area contributed by atoms with E-state index in [0.29, 0.717) is 0 Å². The lowest BCUT2D eigenvalue weighted by Crippen LogP contribution is -2.40. The first-order chi connectivity index (χ1) is 13.1. The SMILES string of the molecule is C=C[Si](C)(OCCCCCCCCCCCCCCCC)OC(C)CCC. The van der Waals surface area contributed by atoms with Crippen LogP contribution in [0.25, 0.3) is 0 Å². The number of rotatable bonds is 21. The minimum absolute atomic E-state index is 0.279. The summed E-state index contributed by atoms with van der Waals surface area (Å²) in [7, 11) is -2.16. The van der Waals surface area contributed by atoms with Gasteiger partial charge in [0, 0.05) is 12.7 Å². The van der Waals surface area contributed by atoms with Crippen molar-refractivity contribution >= 4 is 8.56 Å². The number of unbranched alkanes of at least 4 members (excludes halogenated alkanes) is 13. The molecule has 0 fully saturated rings. The molecule has 0 radical (unpaired) electrons. The lowest BCUT2D eigenvalue weighted by atomic mass is 10.0. The van der Waals surface area contributed by atoms with Crippen molar-refractivity contribution in [1.82, 2.24) is 0 Å². The summed E-state index contributed by atoms with van der Waals surface area (Å²) in [5.74, 6) is 0. The van der Waals surface area contributed by atoms with Crippen LogP contribution in [0.1, 0.15) is 124 Å². The summed E-state index contributed by atoms with van der Waals surface area (Å²) in [4.78, 5) is 0. The topological polar surface area (TPSA) is 18.5 Å². The molecule has 0 heterocycles. The summed E-state index contributed by atoms with van der Waals surface area (Å²) in [5, 5.41) is 0. The van der Waals surface area contributed by atoms with E-state index in [1.54, 1.807) is 0 Å². The van der Waals surface area contributed by atoms with Crippen LogP contribution in [0.3, 0.4) is 0 Å². The van der Waals surface area contributed by atoms with Gasteiger partial charge in [-0.3, -0.25) is 0 Å². The van der Waals surface area contributed by atoms with Crippen LogP contribution < -0.4 is 0 Å². The van der Waals surface area contributed by atoms with Crippen molar-refractivity contribution in [1.29, 1.82) is 0 Å². The van der Waals surface area contributed by atoms with E-state index in [2.05, 4.69) is 33.9 Å². The summed E-state index contributed by atoms with van der Waals surface area (Å²) in [6.07, 6.45) is 22.0. The zero-order chi connectivity index (χ0) is 20.2. The third-order valence-corrected chi connectivity index (χ3v) is 7.78. The molecule has 3 heteroatoms. The van der Waals surface area contributed by atoms with E-state index >= 15 is 0 Å². The van der Waals surface area contributed by atoms with Crippen LogP contribution in [-0.2, 0) is 8.85 Å². The molecule has 0 aromatic rings. The van der Waals surface area contributed by atoms with Crippen LogP contribution in [0.5, 0.6) is 0 Å². The van der Waals surface area contributed by atoms with Gasteiger partial charge in [-0.05, 0) is 32.0 Å². The predicted octanol–water partition coefficient (Wildman–Crippen LogP) is 8.49. The third kappa shape index (κ3) is 17.7. The molecule has 27 heavy (non-hydrogen) atoms. The molecule has 2 unspecified atom stereocenters. The second-order valence-electron chi connectivity index (χ2n) is 8.38. The van der Waals surface area contributed by atoms with Crippen LogP contribution in [0.15, 0.2) is 12.3 Å². The molecule has 0 bridgehead atoms. The highest BCUT2D eigenvalue weighted by Crippen LogP contribution is 2.16. The lowest BCUT2D eigenvalue weighted by Gasteiger charge is -2.27. The fourth-order valence-electron chi connectivity index (χ4n) is 3.58. The molecule has 2 nitrogen and oxygen atoms in total. The highest BCUT2D eigenvalue weighted by Gasteiger charge is 2.29. The number of hydrogen-bond acceptors (Lipinski definition) is 2. The van der Waals surface area contributed by atoms with E-state index in [1.165, 1.54) is 83.5 Å². The maximum atomic E-state index is 6.15. The molecule has 0 amide bonds. The summed E-state index contributed by atoms with van der Waals surface area (Å²) in [6.45, 7) is 13.5. The minimum atomic E-state index is -2.16. The molecule has 2 atom stereocenters. The Hall–Kier alpha value is -0.123. The van der Waals surface area contributed by atoms with Gasteiger partial charge in [0.15, 0.2) is 0 Å². The molecule has 162 valence electrons. The smallest absolute Gasteiger partial charge is 0.361 e. The second-order valence-corrected chi connectivity index (χ2v) is 11.3. The Bertz CT molecular complexity index is 322. The summed E-state index contributed by atoms with van der Waals surface area (Å²) in [5.41, 5.74) is 1.93. The van der Waals surface area contributed by atoms with E-state index in [0.717, 1.165) is 25.9 Å². The van der Waals surface area contributed by atoms with E-state index in [9.17, 15) is 0 Å². The van der Waals surface area contributed by atoms with E-state index in [4.69, 9.17) is 8.85 Å². The molecule has 0 aliphatic rings. The molecule has 0 aliphatic carbocycles. The molecule has 0 N–H and O–H groups in total. The van der Waals surface area contributed by atoms with Gasteiger partial charge in [0.05, 0.1) is 0 Å². The van der Waals surface area contributed by atoms with Crippen LogP contribution in [0.2, 0.25) is 6.55 Å². The first-order valence-electron chi connectivity index (χ1n) is 12.0. The van der Waals surface area contributed by atoms with Crippen molar-refractivity contribution in [3.63, 3.8) is 0 Å². The average Bonchev–Trinajstić information content (AvgIpc) is 2.65. The molecule has 0 aromatic carbocycles. The first-order valence-corrected chi connectivity index (χ1v) is 14.4. The van der Waals surface area contributed by atoms with Crippen molar-refractivity contribution in [3.8, 4) is 0 Å². The molecule has 0 rings (SSSR count). The monoisotopic (exact) mass is 398 g/mol. The zero-order valence-electron chi connectivity index (χ0n) is 19.2. The van der Waals surface area contributed by atoms with Gasteiger partial charge < -0.3 is 8.85 Å². The maximum Gasteiger partial charge on any atom is 0.361 e. The van der Waals surface area contributed by atoms with E-state index < -0.39 is 8.56 Å². The van der Waals surface area contributed by atoms with E-state index in [1.807, 2.05) is 5.70 Å². The zero-order valence-corrected chi connectivity index (χ0v) is 20.2. The first kappa shape index (κ1) is 26.9. The normalized spacial score (nSPS) is 14.8. The fourth-order valence-corrected chi connectivity index (χ4v) is 5.33. The van der Waals surface area contributed by atoms with Crippen molar-refractivity contribution in [3.05, 3.63) is 12.3 Å². The maximum absolute atomic E-state index is 6.15. The number of hydrogen-bond donors (Lipinski definition) is 0. The van der Waals surface area contributed by atoms with Crippen LogP contribution >= 0.6 is 0 Å². The van der Waals surface area contributed by atoms with Crippen LogP contribution in [-0.4, -0.2) is 21.3 Å². The third-order valence-electron chi connectivity index (χ3n) is 5.39. The molecule has 0 aromatic heterocycles. The summed E-state index contributed by atoms with van der Waals surface area (Å²) < 4.78 is 12.2. The average molecular weight is 399 g/mol. The summed E-state index contributed by atoms with van der Waals surface area (Å²) >= 11 is 0. The van der Waals surface area contributed by atoms with E-state index in [-0.39, 0.29) is 6.10 Å². The fraction of sp³-hybridized carbons (Fsp3) is 0.917. The standard InChI is InChI=1S/C24H50O2Si/c1-6-9-10-11-12-13-14-15-16-17-18-19-20-21-23-25-27(5,8-3)26-24(4)22-7-2/h8,24H,3,6-7,9-23H2,1-2,4-5H3. The summed E-state index contributed by atoms with van der Waals surface area (Å²) in [6, 6.07) is 0. The van der Waals surface area contributed by atoms with Gasteiger partial charge in [-0.1, -0.05) is 104 Å². The van der Waals surface area contributed by atoms with Gasteiger partial charge in [-0.25, -0.2) is 0 Å². The predicted molar refractivity (Wildman–Crippen MR) is 124 cm³/mol. The Morgan fingerprint density at radius 1 is 0.741 bits per heavy atom.